The van der Waals surface area contributed by atoms with E-state index in [1.54, 1.807) is 12.1 Å². The lowest BCUT2D eigenvalue weighted by Gasteiger charge is -2.23. The third-order valence-electron chi connectivity index (χ3n) is 6.22. The summed E-state index contributed by atoms with van der Waals surface area (Å²) in [7, 11) is 1.62. The summed E-state index contributed by atoms with van der Waals surface area (Å²) < 4.78 is 18.4. The van der Waals surface area contributed by atoms with E-state index in [0.717, 1.165) is 28.2 Å². The number of rotatable bonds is 6. The average Bonchev–Trinajstić information content (AvgIpc) is 3.50. The zero-order chi connectivity index (χ0) is 25.9. The van der Waals surface area contributed by atoms with Gasteiger partial charge in [0.1, 0.15) is 16.8 Å². The van der Waals surface area contributed by atoms with Gasteiger partial charge >= 0.3 is 0 Å². The molecule has 0 saturated heterocycles. The van der Waals surface area contributed by atoms with Crippen molar-refractivity contribution in [3.05, 3.63) is 95.3 Å². The third-order valence-corrected chi connectivity index (χ3v) is 7.36. The quantitative estimate of drug-likeness (QED) is 0.480. The molecule has 0 bridgehead atoms. The number of carbonyl (C=O) groups excluding carboxylic acids is 2. The number of carbonyl (C=O) groups is 2. The van der Waals surface area contributed by atoms with Crippen LogP contribution < -0.4 is 10.1 Å². The van der Waals surface area contributed by atoms with E-state index >= 15 is 0 Å². The normalized spacial score (nSPS) is 19.0. The van der Waals surface area contributed by atoms with Crippen LogP contribution >= 0.6 is 11.8 Å². The second-order valence-electron chi connectivity index (χ2n) is 8.85. The fourth-order valence-electron chi connectivity index (χ4n) is 4.21. The van der Waals surface area contributed by atoms with Crippen LogP contribution in [0.5, 0.6) is 5.75 Å². The molecule has 7 nitrogen and oxygen atoms in total. The number of amidine groups is 1. The lowest BCUT2D eigenvalue weighted by Crippen LogP contribution is -2.25. The number of nitrogens with one attached hydrogen (secondary N) is 1. The number of aliphatic imine (C=N–C) groups is 1. The summed E-state index contributed by atoms with van der Waals surface area (Å²) >= 11 is 1.24. The Morgan fingerprint density at radius 3 is 2.46 bits per heavy atom. The van der Waals surface area contributed by atoms with Gasteiger partial charge in [-0.05, 0) is 54.4 Å². The number of hydrogen-bond acceptors (Lipinski definition) is 6. The molecule has 3 aromatic carbocycles. The van der Waals surface area contributed by atoms with Crippen molar-refractivity contribution in [1.82, 2.24) is 5.01 Å². The van der Waals surface area contributed by atoms with Crippen LogP contribution in [-0.2, 0) is 9.59 Å². The van der Waals surface area contributed by atoms with Crippen LogP contribution in [0.4, 0.5) is 10.1 Å². The van der Waals surface area contributed by atoms with E-state index in [0.29, 0.717) is 17.3 Å². The monoisotopic (exact) mass is 516 g/mol. The summed E-state index contributed by atoms with van der Waals surface area (Å²) in [4.78, 5) is 29.6. The number of hydrazone groups is 1. The van der Waals surface area contributed by atoms with Gasteiger partial charge in [-0.25, -0.2) is 9.40 Å². The molecule has 2 unspecified atom stereocenters. The first-order valence-corrected chi connectivity index (χ1v) is 12.7. The highest BCUT2D eigenvalue weighted by Crippen LogP contribution is 2.39. The van der Waals surface area contributed by atoms with Gasteiger partial charge < -0.3 is 10.1 Å². The molecule has 5 rings (SSSR count). The third kappa shape index (κ3) is 5.56. The van der Waals surface area contributed by atoms with Gasteiger partial charge in [0, 0.05) is 18.5 Å². The van der Waals surface area contributed by atoms with Gasteiger partial charge in [-0.15, -0.1) is 0 Å². The highest BCUT2D eigenvalue weighted by atomic mass is 32.2. The van der Waals surface area contributed by atoms with Crippen LogP contribution in [0.25, 0.3) is 0 Å². The van der Waals surface area contributed by atoms with Crippen molar-refractivity contribution in [2.45, 2.75) is 31.1 Å². The van der Waals surface area contributed by atoms with Gasteiger partial charge in [0.15, 0.2) is 5.17 Å². The molecule has 0 saturated carbocycles. The maximum absolute atomic E-state index is 13.1. The Bertz CT molecular complexity index is 1370. The zero-order valence-electron chi connectivity index (χ0n) is 20.3. The molecule has 9 heteroatoms. The summed E-state index contributed by atoms with van der Waals surface area (Å²) in [6, 6.07) is 21.3. The molecule has 0 spiro atoms. The second-order valence-corrected chi connectivity index (χ2v) is 10.0. The molecule has 0 fully saturated rings. The summed E-state index contributed by atoms with van der Waals surface area (Å²) in [6.07, 6.45) is 0.586. The van der Waals surface area contributed by atoms with Crippen LogP contribution in [0.15, 0.2) is 82.9 Å². The van der Waals surface area contributed by atoms with E-state index in [2.05, 4.69) is 10.3 Å². The molecule has 2 heterocycles. The molecule has 0 aliphatic carbocycles. The molecule has 0 radical (unpaired) electrons. The molecule has 1 N–H and O–H groups in total. The average molecular weight is 517 g/mol. The van der Waals surface area contributed by atoms with E-state index in [-0.39, 0.29) is 30.1 Å². The van der Waals surface area contributed by atoms with Gasteiger partial charge in [0.25, 0.3) is 5.91 Å². The molecule has 2 atom stereocenters. The summed E-state index contributed by atoms with van der Waals surface area (Å²) in [6.45, 7) is 2.04. The highest BCUT2D eigenvalue weighted by molar-refractivity contribution is 8.15. The Morgan fingerprint density at radius 2 is 1.78 bits per heavy atom. The molecular formula is C28H25FN4O3S. The minimum Gasteiger partial charge on any atom is -0.497 e. The second kappa shape index (κ2) is 10.6. The van der Waals surface area contributed by atoms with E-state index < -0.39 is 5.25 Å². The highest BCUT2D eigenvalue weighted by Gasteiger charge is 2.39. The van der Waals surface area contributed by atoms with E-state index in [9.17, 15) is 14.0 Å². The van der Waals surface area contributed by atoms with Crippen LogP contribution in [0, 0.1) is 12.7 Å². The van der Waals surface area contributed by atoms with Gasteiger partial charge in [0.05, 0.1) is 18.9 Å². The number of amides is 2. The lowest BCUT2D eigenvalue weighted by atomic mass is 9.98. The van der Waals surface area contributed by atoms with Gasteiger partial charge in [0.2, 0.25) is 5.91 Å². The number of ether oxygens (including phenoxy) is 1. The molecule has 37 heavy (non-hydrogen) atoms. The Hall–Kier alpha value is -3.98. The predicted molar refractivity (Wildman–Crippen MR) is 143 cm³/mol. The van der Waals surface area contributed by atoms with E-state index in [1.165, 1.54) is 36.0 Å². The smallest absolute Gasteiger partial charge is 0.262 e. The molecule has 188 valence electrons. The summed E-state index contributed by atoms with van der Waals surface area (Å²) in [5.41, 5.74) is 4.55. The van der Waals surface area contributed by atoms with Crippen molar-refractivity contribution < 1.29 is 18.7 Å². The fraction of sp³-hybridized carbons (Fsp3) is 0.214. The number of thioether (sulfide) groups is 1. The maximum atomic E-state index is 13.1. The first-order chi connectivity index (χ1) is 17.9. The van der Waals surface area contributed by atoms with Gasteiger partial charge in [-0.1, -0.05) is 53.7 Å². The van der Waals surface area contributed by atoms with Crippen LogP contribution in [0.1, 0.15) is 35.6 Å². The first-order valence-electron chi connectivity index (χ1n) is 11.8. The molecule has 0 aromatic heterocycles. The van der Waals surface area contributed by atoms with Crippen molar-refractivity contribution in [2.24, 2.45) is 10.1 Å². The zero-order valence-corrected chi connectivity index (χ0v) is 21.2. The lowest BCUT2D eigenvalue weighted by molar-refractivity contribution is -0.121. The van der Waals surface area contributed by atoms with Crippen LogP contribution in [0.3, 0.4) is 0 Å². The molecular weight excluding hydrogens is 491 g/mol. The summed E-state index contributed by atoms with van der Waals surface area (Å²) in [5.74, 6) is -0.351. The number of hydrogen-bond donors (Lipinski definition) is 1. The topological polar surface area (TPSA) is 83.4 Å². The van der Waals surface area contributed by atoms with Crippen molar-refractivity contribution in [3.63, 3.8) is 0 Å². The molecule has 3 aromatic rings. The standard InChI is InChI=1S/C28H25FN4O3S/c1-17-3-5-18(6-4-17)23-15-24(19-7-13-22(36-2)14-8-19)33(32-23)28-31-27(35)25(37-28)16-26(34)30-21-11-9-20(29)10-12-21/h3-14,24-25H,15-16H2,1-2H3,(H,30,34). The van der Waals surface area contributed by atoms with E-state index in [4.69, 9.17) is 9.84 Å². The van der Waals surface area contributed by atoms with Crippen molar-refractivity contribution in [1.29, 1.82) is 0 Å². The SMILES string of the molecule is COc1ccc(C2CC(c3ccc(C)cc3)=NN2C2=NC(=O)C(CC(=O)Nc3ccc(F)cc3)S2)cc1. The van der Waals surface area contributed by atoms with Crippen molar-refractivity contribution >= 4 is 40.1 Å². The van der Waals surface area contributed by atoms with Crippen LogP contribution in [0.2, 0.25) is 0 Å². The number of nitrogens with zero attached hydrogens (tertiary/aromatic N) is 3. The summed E-state index contributed by atoms with van der Waals surface area (Å²) in [5, 5.41) is 9.17. The predicted octanol–water partition coefficient (Wildman–Crippen LogP) is 5.32. The van der Waals surface area contributed by atoms with Crippen molar-refractivity contribution in [3.8, 4) is 5.75 Å². The largest absolute Gasteiger partial charge is 0.497 e. The number of benzene rings is 3. The van der Waals surface area contributed by atoms with Crippen molar-refractivity contribution in [2.75, 3.05) is 12.4 Å². The number of aryl methyl sites for hydroxylation is 1. The van der Waals surface area contributed by atoms with Crippen LogP contribution in [-0.4, -0.2) is 40.1 Å². The minimum absolute atomic E-state index is 0.0521. The van der Waals surface area contributed by atoms with E-state index in [1.807, 2.05) is 55.5 Å². The fourth-order valence-corrected chi connectivity index (χ4v) is 5.27. The Labute approximate surface area is 218 Å². The number of halogens is 1. The Kier molecular flexibility index (Phi) is 7.05. The number of methoxy groups -OCH3 is 1. The van der Waals surface area contributed by atoms with Gasteiger partial charge in [-0.2, -0.15) is 10.1 Å². The minimum atomic E-state index is -0.661. The number of anilines is 1. The molecule has 2 aliphatic rings. The molecule has 2 aliphatic heterocycles. The van der Waals surface area contributed by atoms with Gasteiger partial charge in [-0.3, -0.25) is 9.59 Å². The first kappa shape index (κ1) is 24.7. The molecule has 2 amide bonds. The Morgan fingerprint density at radius 1 is 1.08 bits per heavy atom. The maximum Gasteiger partial charge on any atom is 0.262 e. The Balaban J connectivity index is 1.35.